The van der Waals surface area contributed by atoms with Crippen LogP contribution in [0.3, 0.4) is 0 Å². The van der Waals surface area contributed by atoms with E-state index in [4.69, 9.17) is 11.6 Å². The summed E-state index contributed by atoms with van der Waals surface area (Å²) >= 11 is 5.94. The lowest BCUT2D eigenvalue weighted by Crippen LogP contribution is -2.24. The van der Waals surface area contributed by atoms with Gasteiger partial charge in [0.2, 0.25) is 0 Å². The Labute approximate surface area is 89.7 Å². The SMILES string of the molecule is Cc1ccc(Cl)cc1[C@](C)(O)C1CC1. The van der Waals surface area contributed by atoms with Crippen LogP contribution in [0.15, 0.2) is 18.2 Å². The maximum absolute atomic E-state index is 10.4. The Kier molecular flexibility index (Phi) is 2.32. The zero-order valence-electron chi connectivity index (χ0n) is 8.55. The third-order valence-electron chi connectivity index (χ3n) is 3.12. The average molecular weight is 211 g/mol. The molecule has 1 aromatic carbocycles. The van der Waals surface area contributed by atoms with Crippen molar-refractivity contribution >= 4 is 11.6 Å². The molecule has 0 aromatic heterocycles. The highest BCUT2D eigenvalue weighted by atomic mass is 35.5. The van der Waals surface area contributed by atoms with Crippen molar-refractivity contribution in [3.8, 4) is 0 Å². The smallest absolute Gasteiger partial charge is 0.0899 e. The van der Waals surface area contributed by atoms with E-state index in [9.17, 15) is 5.11 Å². The Bertz CT molecular complexity index is 353. The number of aryl methyl sites for hydroxylation is 1. The number of hydrogen-bond donors (Lipinski definition) is 1. The van der Waals surface area contributed by atoms with Gasteiger partial charge in [0.05, 0.1) is 5.60 Å². The zero-order chi connectivity index (χ0) is 10.3. The number of rotatable bonds is 2. The molecule has 2 heteroatoms. The van der Waals surface area contributed by atoms with Gasteiger partial charge in [-0.25, -0.2) is 0 Å². The third-order valence-corrected chi connectivity index (χ3v) is 3.35. The summed E-state index contributed by atoms with van der Waals surface area (Å²) in [4.78, 5) is 0. The fraction of sp³-hybridized carbons (Fsp3) is 0.500. The largest absolute Gasteiger partial charge is 0.385 e. The summed E-state index contributed by atoms with van der Waals surface area (Å²) in [6, 6.07) is 5.72. The molecule has 2 rings (SSSR count). The molecule has 0 saturated heterocycles. The summed E-state index contributed by atoms with van der Waals surface area (Å²) in [5.41, 5.74) is 1.40. The van der Waals surface area contributed by atoms with E-state index in [-0.39, 0.29) is 0 Å². The molecule has 1 aromatic rings. The van der Waals surface area contributed by atoms with Crippen LogP contribution in [0.2, 0.25) is 5.02 Å². The summed E-state index contributed by atoms with van der Waals surface area (Å²) < 4.78 is 0. The van der Waals surface area contributed by atoms with E-state index in [1.54, 1.807) is 0 Å². The molecule has 1 aliphatic rings. The van der Waals surface area contributed by atoms with Gasteiger partial charge >= 0.3 is 0 Å². The van der Waals surface area contributed by atoms with Crippen LogP contribution in [0, 0.1) is 12.8 Å². The normalized spacial score (nSPS) is 20.6. The molecule has 0 spiro atoms. The van der Waals surface area contributed by atoms with Gasteiger partial charge in [0.1, 0.15) is 0 Å². The minimum atomic E-state index is -0.699. The summed E-state index contributed by atoms with van der Waals surface area (Å²) in [7, 11) is 0. The highest BCUT2D eigenvalue weighted by Gasteiger charge is 2.41. The molecule has 0 unspecified atom stereocenters. The molecular weight excluding hydrogens is 196 g/mol. The summed E-state index contributed by atoms with van der Waals surface area (Å²) in [5.74, 6) is 0.416. The van der Waals surface area contributed by atoms with Crippen LogP contribution in [0.1, 0.15) is 30.9 Å². The fourth-order valence-electron chi connectivity index (χ4n) is 2.00. The highest BCUT2D eigenvalue weighted by Crippen LogP contribution is 2.46. The first kappa shape index (κ1) is 10.0. The van der Waals surface area contributed by atoms with Crippen molar-refractivity contribution in [3.05, 3.63) is 34.3 Å². The lowest BCUT2D eigenvalue weighted by molar-refractivity contribution is 0.0325. The summed E-state index contributed by atoms with van der Waals surface area (Å²) in [6.45, 7) is 3.91. The lowest BCUT2D eigenvalue weighted by atomic mass is 9.88. The molecule has 0 radical (unpaired) electrons. The second-order valence-corrected chi connectivity index (χ2v) is 4.82. The highest BCUT2D eigenvalue weighted by molar-refractivity contribution is 6.30. The molecule has 76 valence electrons. The first-order valence-electron chi connectivity index (χ1n) is 5.01. The van der Waals surface area contributed by atoms with E-state index < -0.39 is 5.60 Å². The number of benzene rings is 1. The Morgan fingerprint density at radius 2 is 2.07 bits per heavy atom. The summed E-state index contributed by atoms with van der Waals surface area (Å²) in [6.07, 6.45) is 2.25. The van der Waals surface area contributed by atoms with Crippen LogP contribution in [0.5, 0.6) is 0 Å². The average Bonchev–Trinajstić information content (AvgIpc) is 2.91. The van der Waals surface area contributed by atoms with E-state index >= 15 is 0 Å². The Morgan fingerprint density at radius 1 is 1.43 bits per heavy atom. The molecule has 0 heterocycles. The van der Waals surface area contributed by atoms with Crippen molar-refractivity contribution in [2.45, 2.75) is 32.3 Å². The molecule has 1 aliphatic carbocycles. The van der Waals surface area contributed by atoms with Crippen molar-refractivity contribution < 1.29 is 5.11 Å². The standard InChI is InChI=1S/C12H15ClO/c1-8-3-6-10(13)7-11(8)12(2,14)9-4-5-9/h3,6-7,9,14H,4-5H2,1-2H3/t12-/m1/s1. The molecule has 0 aliphatic heterocycles. The van der Waals surface area contributed by atoms with E-state index in [0.717, 1.165) is 24.0 Å². The topological polar surface area (TPSA) is 20.2 Å². The van der Waals surface area contributed by atoms with Crippen LogP contribution in [-0.4, -0.2) is 5.11 Å². The Morgan fingerprint density at radius 3 is 2.64 bits per heavy atom. The van der Waals surface area contributed by atoms with Gasteiger partial charge in [-0.1, -0.05) is 17.7 Å². The minimum absolute atomic E-state index is 0.416. The second kappa shape index (κ2) is 3.25. The van der Waals surface area contributed by atoms with E-state index in [0.29, 0.717) is 10.9 Å². The van der Waals surface area contributed by atoms with Crippen LogP contribution in [-0.2, 0) is 5.60 Å². The maximum Gasteiger partial charge on any atom is 0.0899 e. The van der Waals surface area contributed by atoms with Crippen LogP contribution in [0.25, 0.3) is 0 Å². The molecule has 14 heavy (non-hydrogen) atoms. The Hall–Kier alpha value is -0.530. The van der Waals surface area contributed by atoms with Gasteiger partial charge in [-0.05, 0) is 55.9 Å². The van der Waals surface area contributed by atoms with E-state index in [1.165, 1.54) is 0 Å². The minimum Gasteiger partial charge on any atom is -0.385 e. The van der Waals surface area contributed by atoms with Crippen molar-refractivity contribution in [2.75, 3.05) is 0 Å². The molecular formula is C12H15ClO. The predicted molar refractivity (Wildman–Crippen MR) is 58.5 cm³/mol. The van der Waals surface area contributed by atoms with Gasteiger partial charge in [-0.3, -0.25) is 0 Å². The molecule has 1 nitrogen and oxygen atoms in total. The van der Waals surface area contributed by atoms with Gasteiger partial charge in [0.25, 0.3) is 0 Å². The second-order valence-electron chi connectivity index (χ2n) is 4.38. The molecule has 1 atom stereocenters. The predicted octanol–water partition coefficient (Wildman–Crippen LogP) is 3.27. The Balaban J connectivity index is 2.43. The van der Waals surface area contributed by atoms with Gasteiger partial charge in [0.15, 0.2) is 0 Å². The first-order chi connectivity index (χ1) is 6.51. The first-order valence-corrected chi connectivity index (χ1v) is 5.38. The van der Waals surface area contributed by atoms with Crippen LogP contribution < -0.4 is 0 Å². The molecule has 0 bridgehead atoms. The molecule has 1 saturated carbocycles. The van der Waals surface area contributed by atoms with Crippen LogP contribution >= 0.6 is 11.6 Å². The van der Waals surface area contributed by atoms with Crippen molar-refractivity contribution in [2.24, 2.45) is 5.92 Å². The van der Waals surface area contributed by atoms with Gasteiger partial charge < -0.3 is 5.11 Å². The van der Waals surface area contributed by atoms with Crippen LogP contribution in [0.4, 0.5) is 0 Å². The van der Waals surface area contributed by atoms with Crippen molar-refractivity contribution in [1.82, 2.24) is 0 Å². The molecule has 1 fully saturated rings. The van der Waals surface area contributed by atoms with E-state index in [1.807, 2.05) is 32.0 Å². The van der Waals surface area contributed by atoms with Gasteiger partial charge in [0, 0.05) is 5.02 Å². The van der Waals surface area contributed by atoms with Crippen molar-refractivity contribution in [3.63, 3.8) is 0 Å². The monoisotopic (exact) mass is 210 g/mol. The lowest BCUT2D eigenvalue weighted by Gasteiger charge is -2.25. The zero-order valence-corrected chi connectivity index (χ0v) is 9.30. The quantitative estimate of drug-likeness (QED) is 0.795. The van der Waals surface area contributed by atoms with E-state index in [2.05, 4.69) is 0 Å². The summed E-state index contributed by atoms with van der Waals surface area (Å²) in [5, 5.41) is 11.1. The van der Waals surface area contributed by atoms with Gasteiger partial charge in [-0.15, -0.1) is 0 Å². The number of halogens is 1. The van der Waals surface area contributed by atoms with Crippen molar-refractivity contribution in [1.29, 1.82) is 0 Å². The molecule has 1 N–H and O–H groups in total. The van der Waals surface area contributed by atoms with Gasteiger partial charge in [-0.2, -0.15) is 0 Å². The molecule has 0 amide bonds. The fourth-order valence-corrected chi connectivity index (χ4v) is 2.18. The third kappa shape index (κ3) is 1.67. The number of hydrogen-bond acceptors (Lipinski definition) is 1. The number of aliphatic hydroxyl groups is 1. The maximum atomic E-state index is 10.4.